The second kappa shape index (κ2) is 7.73. The van der Waals surface area contributed by atoms with Crippen molar-refractivity contribution in [2.75, 3.05) is 20.3 Å². The summed E-state index contributed by atoms with van der Waals surface area (Å²) >= 11 is 0. The van der Waals surface area contributed by atoms with Gasteiger partial charge in [-0.1, -0.05) is 48.5 Å². The first-order valence-electron chi connectivity index (χ1n) is 9.87. The summed E-state index contributed by atoms with van der Waals surface area (Å²) in [5, 5.41) is 9.29. The Balaban J connectivity index is 1.42. The zero-order valence-corrected chi connectivity index (χ0v) is 15.8. The van der Waals surface area contributed by atoms with E-state index in [9.17, 15) is 9.90 Å². The van der Waals surface area contributed by atoms with Crippen molar-refractivity contribution in [3.8, 4) is 11.1 Å². The lowest BCUT2D eigenvalue weighted by atomic mass is 9.86. The van der Waals surface area contributed by atoms with Crippen LogP contribution < -0.4 is 0 Å². The molecule has 0 spiro atoms. The Morgan fingerprint density at radius 2 is 1.56 bits per heavy atom. The molecule has 2 aromatic carbocycles. The summed E-state index contributed by atoms with van der Waals surface area (Å²) < 4.78 is 5.75. The summed E-state index contributed by atoms with van der Waals surface area (Å²) in [5.74, 6) is 0.483. The Kier molecular flexibility index (Phi) is 5.17. The molecule has 4 nitrogen and oxygen atoms in total. The summed E-state index contributed by atoms with van der Waals surface area (Å²) in [4.78, 5) is 14.4. The number of hydrogen-bond donors (Lipinski definition) is 1. The molecule has 0 aromatic heterocycles. The van der Waals surface area contributed by atoms with E-state index in [0.29, 0.717) is 12.5 Å². The second-order valence-electron chi connectivity index (χ2n) is 7.77. The van der Waals surface area contributed by atoms with Gasteiger partial charge in [0.15, 0.2) is 0 Å². The average Bonchev–Trinajstić information content (AvgIpc) is 3.05. The fourth-order valence-electron chi connectivity index (χ4n) is 4.56. The first kappa shape index (κ1) is 18.1. The average molecular weight is 365 g/mol. The highest BCUT2D eigenvalue weighted by Gasteiger charge is 2.31. The fraction of sp³-hybridized carbons (Fsp3) is 0.435. The molecule has 1 fully saturated rings. The van der Waals surface area contributed by atoms with Gasteiger partial charge in [0.1, 0.15) is 6.61 Å². The van der Waals surface area contributed by atoms with Crippen LogP contribution in [0.3, 0.4) is 0 Å². The van der Waals surface area contributed by atoms with E-state index in [1.807, 2.05) is 19.2 Å². The van der Waals surface area contributed by atoms with E-state index in [2.05, 4.69) is 36.4 Å². The number of carbonyl (C=O) groups is 1. The number of aliphatic hydroxyl groups excluding tert-OH is 1. The van der Waals surface area contributed by atoms with E-state index in [-0.39, 0.29) is 24.7 Å². The second-order valence-corrected chi connectivity index (χ2v) is 7.77. The zero-order chi connectivity index (χ0) is 18.8. The van der Waals surface area contributed by atoms with E-state index < -0.39 is 0 Å². The molecular formula is C23H27NO3. The lowest BCUT2D eigenvalue weighted by Crippen LogP contribution is -2.40. The third-order valence-electron chi connectivity index (χ3n) is 6.25. The Bertz CT molecular complexity index is 765. The Morgan fingerprint density at radius 1 is 1.00 bits per heavy atom. The van der Waals surface area contributed by atoms with Gasteiger partial charge in [-0.3, -0.25) is 0 Å². The van der Waals surface area contributed by atoms with E-state index in [4.69, 9.17) is 4.74 Å². The summed E-state index contributed by atoms with van der Waals surface area (Å²) in [7, 11) is 1.84. The monoisotopic (exact) mass is 365 g/mol. The zero-order valence-electron chi connectivity index (χ0n) is 15.8. The van der Waals surface area contributed by atoms with Gasteiger partial charge >= 0.3 is 6.09 Å². The van der Waals surface area contributed by atoms with Gasteiger partial charge in [-0.25, -0.2) is 4.79 Å². The summed E-state index contributed by atoms with van der Waals surface area (Å²) in [5.41, 5.74) is 4.95. The Hall–Kier alpha value is -2.33. The number of benzene rings is 2. The minimum atomic E-state index is -0.246. The van der Waals surface area contributed by atoms with E-state index in [0.717, 1.165) is 25.7 Å². The molecule has 27 heavy (non-hydrogen) atoms. The fourth-order valence-corrected chi connectivity index (χ4v) is 4.56. The van der Waals surface area contributed by atoms with Gasteiger partial charge in [0.05, 0.1) is 0 Å². The number of hydrogen-bond acceptors (Lipinski definition) is 3. The molecule has 0 atom stereocenters. The predicted molar refractivity (Wildman–Crippen MR) is 106 cm³/mol. The number of fused-ring (bicyclic) bond motifs is 3. The van der Waals surface area contributed by atoms with Crippen LogP contribution in [0.4, 0.5) is 4.79 Å². The molecule has 0 unspecified atom stereocenters. The quantitative estimate of drug-likeness (QED) is 0.873. The van der Waals surface area contributed by atoms with E-state index in [1.54, 1.807) is 4.90 Å². The van der Waals surface area contributed by atoms with Crippen LogP contribution in [-0.2, 0) is 4.74 Å². The maximum atomic E-state index is 12.6. The summed E-state index contributed by atoms with van der Waals surface area (Å²) in [6, 6.07) is 17.0. The lowest BCUT2D eigenvalue weighted by molar-refractivity contribution is 0.0771. The Morgan fingerprint density at radius 3 is 2.11 bits per heavy atom. The highest BCUT2D eigenvalue weighted by atomic mass is 16.6. The molecular weight excluding hydrogens is 338 g/mol. The molecule has 0 saturated heterocycles. The van der Waals surface area contributed by atoms with Crippen molar-refractivity contribution in [3.05, 3.63) is 59.7 Å². The standard InChI is InChI=1S/C23H27NO3/c1-24(17-12-10-16(14-25)11-13-17)23(26)27-15-22-20-8-4-2-6-18(20)19-7-3-5-9-21(19)22/h2-9,16-17,22,25H,10-15H2,1H3. The molecule has 2 aliphatic rings. The van der Waals surface area contributed by atoms with Gasteiger partial charge in [-0.15, -0.1) is 0 Å². The third kappa shape index (κ3) is 3.46. The number of aliphatic hydroxyl groups is 1. The highest BCUT2D eigenvalue weighted by molar-refractivity contribution is 5.79. The van der Waals surface area contributed by atoms with E-state index >= 15 is 0 Å². The van der Waals surface area contributed by atoms with Gasteiger partial charge in [-0.05, 0) is 53.9 Å². The molecule has 2 aliphatic carbocycles. The molecule has 4 heteroatoms. The predicted octanol–water partition coefficient (Wildman–Crippen LogP) is 4.42. The van der Waals surface area contributed by atoms with Crippen LogP contribution in [0, 0.1) is 5.92 Å². The smallest absolute Gasteiger partial charge is 0.409 e. The van der Waals surface area contributed by atoms with Crippen LogP contribution in [0.5, 0.6) is 0 Å². The number of amides is 1. The SMILES string of the molecule is CN(C(=O)OCC1c2ccccc2-c2ccccc21)C1CCC(CO)CC1. The molecule has 0 aliphatic heterocycles. The van der Waals surface area contributed by atoms with Gasteiger partial charge in [0, 0.05) is 25.6 Å². The van der Waals surface area contributed by atoms with Gasteiger partial charge < -0.3 is 14.7 Å². The summed E-state index contributed by atoms with van der Waals surface area (Å²) in [6.45, 7) is 0.616. The van der Waals surface area contributed by atoms with Crippen LogP contribution in [0.15, 0.2) is 48.5 Å². The van der Waals surface area contributed by atoms with Crippen molar-refractivity contribution in [2.24, 2.45) is 5.92 Å². The largest absolute Gasteiger partial charge is 0.448 e. The van der Waals surface area contributed by atoms with Crippen LogP contribution in [-0.4, -0.2) is 42.4 Å². The molecule has 1 N–H and O–H groups in total. The third-order valence-corrected chi connectivity index (χ3v) is 6.25. The molecule has 0 radical (unpaired) electrons. The topological polar surface area (TPSA) is 49.8 Å². The number of carbonyl (C=O) groups excluding carboxylic acids is 1. The van der Waals surface area contributed by atoms with Gasteiger partial charge in [0.2, 0.25) is 0 Å². The van der Waals surface area contributed by atoms with Crippen LogP contribution in [0.2, 0.25) is 0 Å². The van der Waals surface area contributed by atoms with Crippen molar-refractivity contribution in [1.82, 2.24) is 4.90 Å². The van der Waals surface area contributed by atoms with E-state index in [1.165, 1.54) is 22.3 Å². The van der Waals surface area contributed by atoms with Crippen molar-refractivity contribution in [1.29, 1.82) is 0 Å². The molecule has 1 saturated carbocycles. The number of rotatable bonds is 4. The number of ether oxygens (including phenoxy) is 1. The number of nitrogens with zero attached hydrogens (tertiary/aromatic N) is 1. The molecule has 2 aromatic rings. The van der Waals surface area contributed by atoms with Crippen molar-refractivity contribution < 1.29 is 14.6 Å². The first-order valence-corrected chi connectivity index (χ1v) is 9.87. The molecule has 142 valence electrons. The highest BCUT2D eigenvalue weighted by Crippen LogP contribution is 2.44. The Labute approximate surface area is 160 Å². The normalized spacial score (nSPS) is 21.4. The van der Waals surface area contributed by atoms with Crippen molar-refractivity contribution in [3.63, 3.8) is 0 Å². The summed E-state index contributed by atoms with van der Waals surface area (Å²) in [6.07, 6.45) is 3.58. The first-order chi connectivity index (χ1) is 13.2. The molecule has 4 rings (SSSR count). The van der Waals surface area contributed by atoms with Gasteiger partial charge in [-0.2, -0.15) is 0 Å². The van der Waals surface area contributed by atoms with Gasteiger partial charge in [0.25, 0.3) is 0 Å². The molecule has 1 amide bonds. The van der Waals surface area contributed by atoms with Crippen LogP contribution in [0.25, 0.3) is 11.1 Å². The molecule has 0 bridgehead atoms. The maximum Gasteiger partial charge on any atom is 0.409 e. The molecule has 0 heterocycles. The minimum Gasteiger partial charge on any atom is -0.448 e. The lowest BCUT2D eigenvalue weighted by Gasteiger charge is -2.33. The van der Waals surface area contributed by atoms with Crippen molar-refractivity contribution in [2.45, 2.75) is 37.6 Å². The maximum absolute atomic E-state index is 12.6. The van der Waals surface area contributed by atoms with Crippen LogP contribution in [0.1, 0.15) is 42.7 Å². The van der Waals surface area contributed by atoms with Crippen molar-refractivity contribution >= 4 is 6.09 Å². The minimum absolute atomic E-state index is 0.0971. The van der Waals surface area contributed by atoms with Crippen LogP contribution >= 0.6 is 0 Å².